The Morgan fingerprint density at radius 1 is 1.07 bits per heavy atom. The number of benzene rings is 2. The Kier molecular flexibility index (Phi) is 8.45. The van der Waals surface area contributed by atoms with Gasteiger partial charge in [0.05, 0.1) is 36.9 Å². The summed E-state index contributed by atoms with van der Waals surface area (Å²) in [5, 5.41) is 3.94. The monoisotopic (exact) mass is 584 g/mol. The molecule has 7 nitrogen and oxygen atoms in total. The Labute approximate surface area is 244 Å². The fraction of sp³-hybridized carbons (Fsp3) is 0.562. The van der Waals surface area contributed by atoms with Gasteiger partial charge in [-0.05, 0) is 58.1 Å². The largest absolute Gasteiger partial charge is 0.490 e. The van der Waals surface area contributed by atoms with Crippen molar-refractivity contribution < 1.29 is 27.4 Å². The van der Waals surface area contributed by atoms with Crippen molar-refractivity contribution in [2.75, 3.05) is 44.8 Å². The van der Waals surface area contributed by atoms with Gasteiger partial charge in [0.25, 0.3) is 5.92 Å². The van der Waals surface area contributed by atoms with Crippen molar-refractivity contribution in [3.05, 3.63) is 53.1 Å². The van der Waals surface area contributed by atoms with Crippen molar-refractivity contribution in [3.8, 4) is 11.5 Å². The summed E-state index contributed by atoms with van der Waals surface area (Å²) >= 11 is 0. The van der Waals surface area contributed by atoms with Crippen LogP contribution in [0.2, 0.25) is 0 Å². The topological polar surface area (TPSA) is 68.7 Å². The van der Waals surface area contributed by atoms with Crippen molar-refractivity contribution >= 4 is 16.7 Å². The number of halogens is 3. The predicted molar refractivity (Wildman–Crippen MR) is 155 cm³/mol. The maximum absolute atomic E-state index is 15.7. The molecular formula is C32H39F3N4O3. The van der Waals surface area contributed by atoms with Crippen LogP contribution in [0.1, 0.15) is 68.4 Å². The lowest BCUT2D eigenvalue weighted by Gasteiger charge is -2.40. The Morgan fingerprint density at radius 2 is 1.93 bits per heavy atom. The molecule has 0 radical (unpaired) electrons. The highest BCUT2D eigenvalue weighted by Crippen LogP contribution is 2.40. The SMILES string of the molecule is Cc1nc2c3cc(OC4CCOC4)c(cc3n1)OCCCCCN1CC(CCC(F)(F)c3cccc(c3F)[C@@H](C)N2)C1. The molecule has 42 heavy (non-hydrogen) atoms. The van der Waals surface area contributed by atoms with Crippen LogP contribution in [-0.4, -0.2) is 60.4 Å². The first-order chi connectivity index (χ1) is 20.3. The number of nitrogens with one attached hydrogen (secondary N) is 1. The third kappa shape index (κ3) is 6.29. The maximum atomic E-state index is 15.7. The first-order valence-corrected chi connectivity index (χ1v) is 15.1. The summed E-state index contributed by atoms with van der Waals surface area (Å²) in [6.07, 6.45) is 3.61. The minimum absolute atomic E-state index is 0.0936. The van der Waals surface area contributed by atoms with Gasteiger partial charge in [-0.1, -0.05) is 18.2 Å². The first kappa shape index (κ1) is 29.0. The zero-order valence-electron chi connectivity index (χ0n) is 24.3. The van der Waals surface area contributed by atoms with Crippen molar-refractivity contribution in [1.82, 2.24) is 14.9 Å². The van der Waals surface area contributed by atoms with E-state index >= 15 is 13.2 Å². The van der Waals surface area contributed by atoms with Crippen molar-refractivity contribution in [1.29, 1.82) is 0 Å². The molecule has 2 saturated heterocycles. The number of nitrogens with zero attached hydrogens (tertiary/aromatic N) is 3. The molecule has 2 fully saturated rings. The normalized spacial score (nSPS) is 26.5. The average molecular weight is 585 g/mol. The molecule has 0 aliphatic carbocycles. The molecule has 10 heteroatoms. The van der Waals surface area contributed by atoms with Crippen LogP contribution in [0.15, 0.2) is 30.3 Å². The van der Waals surface area contributed by atoms with Gasteiger partial charge in [-0.25, -0.2) is 23.1 Å². The highest BCUT2D eigenvalue weighted by Gasteiger charge is 2.38. The molecule has 2 atom stereocenters. The van der Waals surface area contributed by atoms with E-state index in [2.05, 4.69) is 20.2 Å². The minimum atomic E-state index is -3.25. The van der Waals surface area contributed by atoms with Crippen LogP contribution in [0.25, 0.3) is 10.9 Å². The number of aryl methyl sites for hydroxylation is 1. The fourth-order valence-corrected chi connectivity index (χ4v) is 6.16. The third-order valence-corrected chi connectivity index (χ3v) is 8.57. The maximum Gasteiger partial charge on any atom is 0.276 e. The molecule has 0 saturated carbocycles. The molecule has 1 unspecified atom stereocenters. The number of ether oxygens (including phenoxy) is 3. The van der Waals surface area contributed by atoms with Crippen LogP contribution in [0.4, 0.5) is 19.0 Å². The van der Waals surface area contributed by atoms with Crippen LogP contribution in [0.5, 0.6) is 11.5 Å². The second-order valence-corrected chi connectivity index (χ2v) is 11.9. The van der Waals surface area contributed by atoms with Gasteiger partial charge in [-0.2, -0.15) is 0 Å². The zero-order chi connectivity index (χ0) is 29.3. The molecule has 3 aromatic rings. The number of alkyl halides is 2. The van der Waals surface area contributed by atoms with Crippen LogP contribution >= 0.6 is 0 Å². The van der Waals surface area contributed by atoms with Crippen LogP contribution < -0.4 is 14.8 Å². The van der Waals surface area contributed by atoms with Crippen molar-refractivity contribution in [3.63, 3.8) is 0 Å². The van der Waals surface area contributed by atoms with Gasteiger partial charge in [0, 0.05) is 42.9 Å². The Bertz CT molecular complexity index is 1410. The van der Waals surface area contributed by atoms with Gasteiger partial charge < -0.3 is 24.4 Å². The lowest BCUT2D eigenvalue weighted by molar-refractivity contribution is -0.0320. The summed E-state index contributed by atoms with van der Waals surface area (Å²) < 4.78 is 64.5. The fourth-order valence-electron chi connectivity index (χ4n) is 6.16. The molecule has 0 spiro atoms. The molecule has 6 aliphatic rings. The van der Waals surface area contributed by atoms with Gasteiger partial charge in [0.15, 0.2) is 11.5 Å². The summed E-state index contributed by atoms with van der Waals surface area (Å²) in [4.78, 5) is 11.5. The van der Waals surface area contributed by atoms with Crippen LogP contribution in [-0.2, 0) is 10.7 Å². The van der Waals surface area contributed by atoms with E-state index in [1.807, 2.05) is 12.1 Å². The minimum Gasteiger partial charge on any atom is -0.490 e. The summed E-state index contributed by atoms with van der Waals surface area (Å²) in [6.45, 7) is 7.79. The Morgan fingerprint density at radius 3 is 2.74 bits per heavy atom. The second kappa shape index (κ2) is 12.2. The van der Waals surface area contributed by atoms with E-state index in [0.29, 0.717) is 60.3 Å². The van der Waals surface area contributed by atoms with Crippen LogP contribution in [0, 0.1) is 18.7 Å². The molecule has 8 bridgehead atoms. The molecule has 0 amide bonds. The second-order valence-electron chi connectivity index (χ2n) is 11.9. The summed E-state index contributed by atoms with van der Waals surface area (Å²) in [5.74, 6) is -1.73. The number of hydrogen-bond donors (Lipinski definition) is 1. The van der Waals surface area contributed by atoms with E-state index in [1.54, 1.807) is 19.9 Å². The Hall–Kier alpha value is -3.11. The number of hydrogen-bond acceptors (Lipinski definition) is 7. The first-order valence-electron chi connectivity index (χ1n) is 15.1. The predicted octanol–water partition coefficient (Wildman–Crippen LogP) is 6.78. The summed E-state index contributed by atoms with van der Waals surface area (Å²) in [7, 11) is 0. The number of anilines is 1. The van der Waals surface area contributed by atoms with E-state index in [4.69, 9.17) is 14.2 Å². The molecule has 226 valence electrons. The molecule has 2 aromatic carbocycles. The molecule has 1 aromatic heterocycles. The van der Waals surface area contributed by atoms with E-state index in [1.165, 1.54) is 12.1 Å². The average Bonchev–Trinajstić information content (AvgIpc) is 3.44. The van der Waals surface area contributed by atoms with Gasteiger partial charge in [0.1, 0.15) is 23.6 Å². The quantitative estimate of drug-likeness (QED) is 0.356. The van der Waals surface area contributed by atoms with E-state index in [9.17, 15) is 0 Å². The molecule has 7 heterocycles. The number of aromatic nitrogens is 2. The standard InChI is InChI=1S/C32H39F3N4O3/c1-20-24-7-6-8-26(30(24)33)32(34,35)11-9-22-17-39(18-22)12-4-3-5-13-41-28-16-27-25(31(36-20)38-21(2)37-27)15-29(28)42-23-10-14-40-19-23/h6-8,15-16,20,22-23H,3-5,9-14,17-19H2,1-2H3,(H,36,37,38)/t20-,23?/m1/s1. The van der Waals surface area contributed by atoms with Crippen molar-refractivity contribution in [2.24, 2.45) is 5.92 Å². The smallest absolute Gasteiger partial charge is 0.276 e. The van der Waals surface area contributed by atoms with Gasteiger partial charge in [0.2, 0.25) is 0 Å². The Balaban J connectivity index is 1.36. The van der Waals surface area contributed by atoms with E-state index in [0.717, 1.165) is 45.3 Å². The lowest BCUT2D eigenvalue weighted by Crippen LogP contribution is -2.47. The summed E-state index contributed by atoms with van der Waals surface area (Å²) in [6, 6.07) is 7.33. The van der Waals surface area contributed by atoms with E-state index < -0.39 is 23.3 Å². The molecule has 1 N–H and O–H groups in total. The van der Waals surface area contributed by atoms with Crippen molar-refractivity contribution in [2.45, 2.75) is 70.4 Å². The molecule has 9 rings (SSSR count). The third-order valence-electron chi connectivity index (χ3n) is 8.57. The lowest BCUT2D eigenvalue weighted by atomic mass is 9.90. The number of rotatable bonds is 2. The van der Waals surface area contributed by atoms with Gasteiger partial charge in [-0.15, -0.1) is 0 Å². The zero-order valence-corrected chi connectivity index (χ0v) is 24.3. The molecular weight excluding hydrogens is 545 g/mol. The highest BCUT2D eigenvalue weighted by molar-refractivity contribution is 5.92. The highest BCUT2D eigenvalue weighted by atomic mass is 19.3. The van der Waals surface area contributed by atoms with E-state index in [-0.39, 0.29) is 24.0 Å². The van der Waals surface area contributed by atoms with Gasteiger partial charge >= 0.3 is 0 Å². The van der Waals surface area contributed by atoms with Crippen LogP contribution in [0.3, 0.4) is 0 Å². The molecule has 6 aliphatic heterocycles. The summed E-state index contributed by atoms with van der Waals surface area (Å²) in [5.41, 5.74) is 0.262. The van der Waals surface area contributed by atoms with Gasteiger partial charge in [-0.3, -0.25) is 0 Å².